The fraction of sp³-hybridized carbons (Fsp3) is 0.545. The van der Waals surface area contributed by atoms with Crippen LogP contribution in [-0.2, 0) is 0 Å². The number of aromatic nitrogens is 1. The van der Waals surface area contributed by atoms with Crippen LogP contribution in [0, 0.1) is 6.92 Å². The lowest BCUT2D eigenvalue weighted by Gasteiger charge is -2.33. The van der Waals surface area contributed by atoms with Gasteiger partial charge in [0, 0.05) is 31.9 Å². The molecule has 1 aromatic rings. The molecule has 15 heavy (non-hydrogen) atoms. The van der Waals surface area contributed by atoms with Crippen molar-refractivity contribution < 1.29 is 0 Å². The first kappa shape index (κ1) is 10.9. The lowest BCUT2D eigenvalue weighted by molar-refractivity contribution is 0.482. The van der Waals surface area contributed by atoms with Crippen molar-refractivity contribution in [3.8, 4) is 0 Å². The smallest absolute Gasteiger partial charge is 0.142 e. The summed E-state index contributed by atoms with van der Waals surface area (Å²) < 4.78 is 1.09. The molecule has 1 saturated heterocycles. The molecule has 0 spiro atoms. The third kappa shape index (κ3) is 2.49. The first-order chi connectivity index (χ1) is 7.16. The van der Waals surface area contributed by atoms with E-state index in [9.17, 15) is 0 Å². The molecule has 0 saturated carbocycles. The average molecular weight is 270 g/mol. The third-order valence-corrected chi connectivity index (χ3v) is 3.21. The lowest BCUT2D eigenvalue weighted by atomic mass is 10.2. The summed E-state index contributed by atoms with van der Waals surface area (Å²) in [5, 5.41) is 3.43. The van der Waals surface area contributed by atoms with Gasteiger partial charge >= 0.3 is 0 Å². The van der Waals surface area contributed by atoms with Gasteiger partial charge in [0.05, 0.1) is 4.47 Å². The highest BCUT2D eigenvalue weighted by molar-refractivity contribution is 9.10. The Morgan fingerprint density at radius 3 is 3.07 bits per heavy atom. The highest BCUT2D eigenvalue weighted by Gasteiger charge is 2.18. The van der Waals surface area contributed by atoms with Gasteiger partial charge in [-0.05, 0) is 41.4 Å². The summed E-state index contributed by atoms with van der Waals surface area (Å²) in [4.78, 5) is 6.81. The fourth-order valence-electron chi connectivity index (χ4n) is 1.88. The number of rotatable bonds is 1. The number of pyridine rings is 1. The second-order valence-electron chi connectivity index (χ2n) is 4.12. The molecule has 1 aliphatic heterocycles. The highest BCUT2D eigenvalue weighted by Crippen LogP contribution is 2.25. The predicted molar refractivity (Wildman–Crippen MR) is 66.4 cm³/mol. The molecule has 82 valence electrons. The number of nitrogens with one attached hydrogen (secondary N) is 1. The number of piperazine rings is 1. The Hall–Kier alpha value is -0.610. The summed E-state index contributed by atoms with van der Waals surface area (Å²) in [5.74, 6) is 1.06. The normalized spacial score (nSPS) is 21.8. The van der Waals surface area contributed by atoms with Crippen molar-refractivity contribution in [2.75, 3.05) is 24.5 Å². The van der Waals surface area contributed by atoms with Crippen molar-refractivity contribution in [2.45, 2.75) is 19.9 Å². The topological polar surface area (TPSA) is 28.2 Å². The minimum atomic E-state index is 0.536. The van der Waals surface area contributed by atoms with Crippen LogP contribution in [0.1, 0.15) is 12.5 Å². The van der Waals surface area contributed by atoms with Crippen molar-refractivity contribution in [3.63, 3.8) is 0 Å². The molecule has 1 aliphatic rings. The van der Waals surface area contributed by atoms with E-state index < -0.39 is 0 Å². The van der Waals surface area contributed by atoms with Crippen LogP contribution in [0.25, 0.3) is 0 Å². The van der Waals surface area contributed by atoms with Crippen molar-refractivity contribution in [1.82, 2.24) is 10.3 Å². The largest absolute Gasteiger partial charge is 0.353 e. The molecule has 0 amide bonds. The standard InChI is InChI=1S/C11H16BrN3/c1-8-5-10(12)11(14-6-8)15-4-3-13-9(2)7-15/h5-6,9,13H,3-4,7H2,1-2H3/t9-/m0/s1. The van der Waals surface area contributed by atoms with Crippen LogP contribution < -0.4 is 10.2 Å². The number of nitrogens with zero attached hydrogens (tertiary/aromatic N) is 2. The van der Waals surface area contributed by atoms with Gasteiger partial charge in [0.15, 0.2) is 0 Å². The molecule has 2 heterocycles. The van der Waals surface area contributed by atoms with Crippen molar-refractivity contribution in [2.24, 2.45) is 0 Å². The molecule has 0 radical (unpaired) electrons. The SMILES string of the molecule is Cc1cnc(N2CCN[C@@H](C)C2)c(Br)c1. The zero-order valence-corrected chi connectivity index (χ0v) is 10.7. The summed E-state index contributed by atoms with van der Waals surface area (Å²) in [7, 11) is 0. The molecule has 1 fully saturated rings. The second kappa shape index (κ2) is 4.49. The van der Waals surface area contributed by atoms with Gasteiger partial charge in [-0.25, -0.2) is 4.98 Å². The lowest BCUT2D eigenvalue weighted by Crippen LogP contribution is -2.49. The molecule has 1 aromatic heterocycles. The van der Waals surface area contributed by atoms with Crippen molar-refractivity contribution in [3.05, 3.63) is 22.3 Å². The van der Waals surface area contributed by atoms with Crippen LogP contribution in [0.2, 0.25) is 0 Å². The van der Waals surface area contributed by atoms with Gasteiger partial charge in [0.2, 0.25) is 0 Å². The first-order valence-electron chi connectivity index (χ1n) is 5.27. The summed E-state index contributed by atoms with van der Waals surface area (Å²) in [6, 6.07) is 2.66. The van der Waals surface area contributed by atoms with E-state index in [1.54, 1.807) is 0 Å². The Morgan fingerprint density at radius 1 is 1.60 bits per heavy atom. The zero-order chi connectivity index (χ0) is 10.8. The van der Waals surface area contributed by atoms with Gasteiger partial charge in [-0.2, -0.15) is 0 Å². The minimum Gasteiger partial charge on any atom is -0.353 e. The Kier molecular flexibility index (Phi) is 3.26. The summed E-state index contributed by atoms with van der Waals surface area (Å²) >= 11 is 3.58. The van der Waals surface area contributed by atoms with Crippen molar-refractivity contribution in [1.29, 1.82) is 0 Å². The predicted octanol–water partition coefficient (Wildman–Crippen LogP) is 1.95. The zero-order valence-electron chi connectivity index (χ0n) is 9.13. The van der Waals surface area contributed by atoms with Crippen LogP contribution in [0.4, 0.5) is 5.82 Å². The highest BCUT2D eigenvalue weighted by atomic mass is 79.9. The molecule has 0 aromatic carbocycles. The van der Waals surface area contributed by atoms with Gasteiger partial charge in [-0.3, -0.25) is 0 Å². The van der Waals surface area contributed by atoms with E-state index in [0.29, 0.717) is 6.04 Å². The number of anilines is 1. The average Bonchev–Trinajstić information content (AvgIpc) is 2.17. The molecule has 4 heteroatoms. The molecule has 0 unspecified atom stereocenters. The van der Waals surface area contributed by atoms with Crippen LogP contribution in [-0.4, -0.2) is 30.7 Å². The van der Waals surface area contributed by atoms with E-state index in [-0.39, 0.29) is 0 Å². The molecule has 3 nitrogen and oxygen atoms in total. The first-order valence-corrected chi connectivity index (χ1v) is 6.06. The Bertz CT molecular complexity index is 354. The Labute approximate surface area is 99.0 Å². The summed E-state index contributed by atoms with van der Waals surface area (Å²) in [6.45, 7) is 7.34. The Morgan fingerprint density at radius 2 is 2.40 bits per heavy atom. The van der Waals surface area contributed by atoms with Gasteiger partial charge in [-0.15, -0.1) is 0 Å². The number of hydrogen-bond donors (Lipinski definition) is 1. The van der Waals surface area contributed by atoms with E-state index in [1.807, 2.05) is 6.20 Å². The quantitative estimate of drug-likeness (QED) is 0.845. The molecular weight excluding hydrogens is 254 g/mol. The van der Waals surface area contributed by atoms with Crippen LogP contribution >= 0.6 is 15.9 Å². The van der Waals surface area contributed by atoms with E-state index in [0.717, 1.165) is 29.9 Å². The van der Waals surface area contributed by atoms with Crippen LogP contribution in [0.3, 0.4) is 0 Å². The van der Waals surface area contributed by atoms with Gasteiger partial charge in [0.1, 0.15) is 5.82 Å². The molecule has 0 aliphatic carbocycles. The number of aryl methyl sites for hydroxylation is 1. The summed E-state index contributed by atoms with van der Waals surface area (Å²) in [5.41, 5.74) is 1.19. The fourth-order valence-corrected chi connectivity index (χ4v) is 2.60. The molecule has 2 rings (SSSR count). The molecule has 0 bridgehead atoms. The minimum absolute atomic E-state index is 0.536. The number of halogens is 1. The number of hydrogen-bond acceptors (Lipinski definition) is 3. The van der Waals surface area contributed by atoms with E-state index in [2.05, 4.69) is 51.0 Å². The van der Waals surface area contributed by atoms with Crippen LogP contribution in [0.5, 0.6) is 0 Å². The maximum Gasteiger partial charge on any atom is 0.142 e. The van der Waals surface area contributed by atoms with Gasteiger partial charge in [-0.1, -0.05) is 0 Å². The Balaban J connectivity index is 2.21. The molecule has 1 atom stereocenters. The maximum atomic E-state index is 4.49. The monoisotopic (exact) mass is 269 g/mol. The van der Waals surface area contributed by atoms with E-state index >= 15 is 0 Å². The van der Waals surface area contributed by atoms with Crippen molar-refractivity contribution >= 4 is 21.7 Å². The molecular formula is C11H16BrN3. The van der Waals surface area contributed by atoms with Crippen LogP contribution in [0.15, 0.2) is 16.7 Å². The van der Waals surface area contributed by atoms with Gasteiger partial charge in [0.25, 0.3) is 0 Å². The third-order valence-electron chi connectivity index (χ3n) is 2.63. The summed E-state index contributed by atoms with van der Waals surface area (Å²) in [6.07, 6.45) is 1.92. The van der Waals surface area contributed by atoms with Gasteiger partial charge < -0.3 is 10.2 Å². The second-order valence-corrected chi connectivity index (χ2v) is 4.97. The van der Waals surface area contributed by atoms with E-state index in [1.165, 1.54) is 5.56 Å². The van der Waals surface area contributed by atoms with E-state index in [4.69, 9.17) is 0 Å². The maximum absolute atomic E-state index is 4.49. The molecule has 1 N–H and O–H groups in total.